The molecule has 3 heterocycles. The normalized spacial score (nSPS) is 11.0. The molecule has 0 saturated heterocycles. The summed E-state index contributed by atoms with van der Waals surface area (Å²) in [4.78, 5) is 28.8. The number of nitrogens with zero attached hydrogens (tertiary/aromatic N) is 4. The van der Waals surface area contributed by atoms with E-state index in [9.17, 15) is 9.59 Å². The lowest BCUT2D eigenvalue weighted by molar-refractivity contribution is -0.117. The van der Waals surface area contributed by atoms with Crippen LogP contribution in [0.25, 0.3) is 16.9 Å². The quantitative estimate of drug-likeness (QED) is 0.585. The lowest BCUT2D eigenvalue weighted by Crippen LogP contribution is -2.28. The standard InChI is InChI=1S/C17H12ClN5O2S/c18-12-6-2-1-5-11(12)13-10-26-16(19-13)20-15(24)9-23-17(25)22-8-4-3-7-14(22)21-23/h1-8,10H,9H2,(H,19,20,24). The number of thiazole rings is 1. The maximum absolute atomic E-state index is 12.2. The molecule has 1 amide bonds. The molecule has 1 N–H and O–H groups in total. The van der Waals surface area contributed by atoms with Crippen LogP contribution >= 0.6 is 22.9 Å². The molecule has 26 heavy (non-hydrogen) atoms. The fourth-order valence-corrected chi connectivity index (χ4v) is 3.45. The van der Waals surface area contributed by atoms with Crippen LogP contribution in [0.15, 0.2) is 58.8 Å². The van der Waals surface area contributed by atoms with E-state index in [0.29, 0.717) is 21.5 Å². The summed E-state index contributed by atoms with van der Waals surface area (Å²) in [5.74, 6) is -0.379. The first kappa shape index (κ1) is 16.5. The summed E-state index contributed by atoms with van der Waals surface area (Å²) in [5, 5.41) is 9.65. The summed E-state index contributed by atoms with van der Waals surface area (Å²) in [7, 11) is 0. The minimum atomic E-state index is -0.379. The van der Waals surface area contributed by atoms with Crippen LogP contribution in [0.3, 0.4) is 0 Å². The Morgan fingerprint density at radius 1 is 1.19 bits per heavy atom. The van der Waals surface area contributed by atoms with E-state index in [1.54, 1.807) is 30.5 Å². The van der Waals surface area contributed by atoms with Crippen molar-refractivity contribution in [2.24, 2.45) is 0 Å². The maximum Gasteiger partial charge on any atom is 0.350 e. The molecule has 0 saturated carbocycles. The third-order valence-corrected chi connectivity index (χ3v) is 4.77. The largest absolute Gasteiger partial charge is 0.350 e. The Hall–Kier alpha value is -2.97. The molecule has 0 unspecified atom stereocenters. The maximum atomic E-state index is 12.2. The highest BCUT2D eigenvalue weighted by molar-refractivity contribution is 7.14. The molecule has 0 aliphatic rings. The smallest absolute Gasteiger partial charge is 0.300 e. The Morgan fingerprint density at radius 2 is 2.00 bits per heavy atom. The summed E-state index contributed by atoms with van der Waals surface area (Å²) in [6.07, 6.45) is 1.61. The van der Waals surface area contributed by atoms with Crippen LogP contribution in [0.1, 0.15) is 0 Å². The molecule has 0 bridgehead atoms. The van der Waals surface area contributed by atoms with E-state index in [1.165, 1.54) is 15.7 Å². The highest BCUT2D eigenvalue weighted by atomic mass is 35.5. The Morgan fingerprint density at radius 3 is 2.81 bits per heavy atom. The van der Waals surface area contributed by atoms with E-state index in [4.69, 9.17) is 11.6 Å². The number of nitrogens with one attached hydrogen (secondary N) is 1. The molecule has 0 radical (unpaired) electrons. The monoisotopic (exact) mass is 385 g/mol. The summed E-state index contributed by atoms with van der Waals surface area (Å²) >= 11 is 7.45. The van der Waals surface area contributed by atoms with Crippen molar-refractivity contribution >= 4 is 39.6 Å². The van der Waals surface area contributed by atoms with Gasteiger partial charge in [-0.1, -0.05) is 35.9 Å². The summed E-state index contributed by atoms with van der Waals surface area (Å²) < 4.78 is 2.50. The van der Waals surface area contributed by atoms with Crippen molar-refractivity contribution in [3.05, 3.63) is 69.5 Å². The molecule has 3 aromatic heterocycles. The van der Waals surface area contributed by atoms with Crippen molar-refractivity contribution < 1.29 is 4.79 Å². The number of halogens is 1. The Bertz CT molecular complexity index is 1160. The second kappa shape index (κ2) is 6.74. The predicted octanol–water partition coefficient (Wildman–Crippen LogP) is 2.91. The Labute approximate surface area is 156 Å². The van der Waals surface area contributed by atoms with Gasteiger partial charge in [0, 0.05) is 22.2 Å². The molecule has 4 aromatic rings. The number of hydrogen-bond donors (Lipinski definition) is 1. The Balaban J connectivity index is 1.51. The second-order valence-corrected chi connectivity index (χ2v) is 6.70. The molecule has 0 spiro atoms. The van der Waals surface area contributed by atoms with Crippen LogP contribution in [0.5, 0.6) is 0 Å². The second-order valence-electron chi connectivity index (χ2n) is 5.43. The van der Waals surface area contributed by atoms with Gasteiger partial charge in [0.1, 0.15) is 6.54 Å². The van der Waals surface area contributed by atoms with Gasteiger partial charge in [0.2, 0.25) is 5.91 Å². The number of amides is 1. The minimum Gasteiger partial charge on any atom is -0.300 e. The van der Waals surface area contributed by atoms with Gasteiger partial charge in [0.25, 0.3) is 0 Å². The molecule has 0 aliphatic carbocycles. The van der Waals surface area contributed by atoms with Crippen molar-refractivity contribution in [1.82, 2.24) is 19.2 Å². The molecule has 0 aliphatic heterocycles. The number of fused-ring (bicyclic) bond motifs is 1. The molecule has 1 aromatic carbocycles. The topological polar surface area (TPSA) is 81.3 Å². The molecule has 0 fully saturated rings. The number of carbonyl (C=O) groups is 1. The summed E-state index contributed by atoms with van der Waals surface area (Å²) in [6.45, 7) is -0.193. The van der Waals surface area contributed by atoms with Gasteiger partial charge in [0.15, 0.2) is 10.8 Å². The number of carbonyl (C=O) groups excluding carboxylic acids is 1. The average Bonchev–Trinajstić information content (AvgIpc) is 3.21. The third-order valence-electron chi connectivity index (χ3n) is 3.68. The zero-order chi connectivity index (χ0) is 18.1. The van der Waals surface area contributed by atoms with Crippen molar-refractivity contribution in [2.75, 3.05) is 5.32 Å². The van der Waals surface area contributed by atoms with Crippen molar-refractivity contribution in [1.29, 1.82) is 0 Å². The lowest BCUT2D eigenvalue weighted by atomic mass is 10.2. The fourth-order valence-electron chi connectivity index (χ4n) is 2.49. The molecule has 130 valence electrons. The first-order valence-corrected chi connectivity index (χ1v) is 8.92. The van der Waals surface area contributed by atoms with Crippen molar-refractivity contribution in [2.45, 2.75) is 6.54 Å². The molecule has 9 heteroatoms. The first-order valence-electron chi connectivity index (χ1n) is 7.66. The van der Waals surface area contributed by atoms with E-state index in [1.807, 2.05) is 23.6 Å². The van der Waals surface area contributed by atoms with Gasteiger partial charge >= 0.3 is 5.69 Å². The Kier molecular flexibility index (Phi) is 4.27. The average molecular weight is 386 g/mol. The number of rotatable bonds is 4. The lowest BCUT2D eigenvalue weighted by Gasteiger charge is -2.01. The minimum absolute atomic E-state index is 0.193. The molecule has 7 nitrogen and oxygen atoms in total. The van der Waals surface area contributed by atoms with Crippen molar-refractivity contribution in [3.8, 4) is 11.3 Å². The van der Waals surface area contributed by atoms with Gasteiger partial charge < -0.3 is 5.32 Å². The number of hydrogen-bond acceptors (Lipinski definition) is 5. The first-order chi connectivity index (χ1) is 12.6. The van der Waals surface area contributed by atoms with Gasteiger partial charge in [-0.25, -0.2) is 14.5 Å². The third kappa shape index (κ3) is 3.12. The molecule has 4 rings (SSSR count). The fraction of sp³-hybridized carbons (Fsp3) is 0.0588. The van der Waals surface area contributed by atoms with Gasteiger partial charge in [0.05, 0.1) is 5.69 Å². The van der Waals surface area contributed by atoms with E-state index >= 15 is 0 Å². The van der Waals surface area contributed by atoms with E-state index in [0.717, 1.165) is 10.2 Å². The molecule has 0 atom stereocenters. The van der Waals surface area contributed by atoms with Gasteiger partial charge in [-0.15, -0.1) is 16.4 Å². The number of aromatic nitrogens is 4. The summed E-state index contributed by atoms with van der Waals surface area (Å²) in [5.41, 5.74) is 1.59. The number of anilines is 1. The van der Waals surface area contributed by atoms with E-state index in [-0.39, 0.29) is 18.1 Å². The van der Waals surface area contributed by atoms with E-state index < -0.39 is 0 Å². The van der Waals surface area contributed by atoms with Gasteiger partial charge in [-0.05, 0) is 18.2 Å². The highest BCUT2D eigenvalue weighted by Crippen LogP contribution is 2.30. The van der Waals surface area contributed by atoms with Crippen LogP contribution in [0.4, 0.5) is 5.13 Å². The predicted molar refractivity (Wildman–Crippen MR) is 101 cm³/mol. The van der Waals surface area contributed by atoms with E-state index in [2.05, 4.69) is 15.4 Å². The van der Waals surface area contributed by atoms with Gasteiger partial charge in [-0.3, -0.25) is 9.20 Å². The zero-order valence-corrected chi connectivity index (χ0v) is 14.9. The molecular weight excluding hydrogens is 374 g/mol. The summed E-state index contributed by atoms with van der Waals surface area (Å²) in [6, 6.07) is 12.6. The number of pyridine rings is 1. The van der Waals surface area contributed by atoms with Crippen LogP contribution in [-0.4, -0.2) is 25.1 Å². The van der Waals surface area contributed by atoms with Crippen LogP contribution in [0, 0.1) is 0 Å². The highest BCUT2D eigenvalue weighted by Gasteiger charge is 2.13. The van der Waals surface area contributed by atoms with Crippen LogP contribution < -0.4 is 11.0 Å². The molecular formula is C17H12ClN5O2S. The van der Waals surface area contributed by atoms with Gasteiger partial charge in [-0.2, -0.15) is 0 Å². The zero-order valence-electron chi connectivity index (χ0n) is 13.3. The van der Waals surface area contributed by atoms with Crippen LogP contribution in [0.2, 0.25) is 5.02 Å². The van der Waals surface area contributed by atoms with Crippen LogP contribution in [-0.2, 0) is 11.3 Å². The SMILES string of the molecule is O=C(Cn1nc2ccccn2c1=O)Nc1nc(-c2ccccc2Cl)cs1. The van der Waals surface area contributed by atoms with Crippen molar-refractivity contribution in [3.63, 3.8) is 0 Å². The number of benzene rings is 1.